The van der Waals surface area contributed by atoms with E-state index >= 15 is 0 Å². The lowest BCUT2D eigenvalue weighted by atomic mass is 10.1. The molecule has 4 nitrogen and oxygen atoms in total. The number of hydrogen-bond acceptors (Lipinski definition) is 5. The maximum Gasteiger partial charge on any atom is 0.328 e. The van der Waals surface area contributed by atoms with Crippen molar-refractivity contribution >= 4 is 35.1 Å². The maximum absolute atomic E-state index is 10.6. The second-order valence-electron chi connectivity index (χ2n) is 3.75. The lowest BCUT2D eigenvalue weighted by Crippen LogP contribution is -1.89. The van der Waals surface area contributed by atoms with Crippen molar-refractivity contribution in [3.63, 3.8) is 0 Å². The summed E-state index contributed by atoms with van der Waals surface area (Å²) in [4.78, 5) is 10.6. The molecule has 0 unspecified atom stereocenters. The number of aromatic nitrogens is 2. The van der Waals surface area contributed by atoms with Gasteiger partial charge in [-0.05, 0) is 24.1 Å². The summed E-state index contributed by atoms with van der Waals surface area (Å²) in [6.45, 7) is 1.92. The number of hydrogen-bond donors (Lipinski definition) is 1. The van der Waals surface area contributed by atoms with Gasteiger partial charge in [-0.25, -0.2) is 4.79 Å². The van der Waals surface area contributed by atoms with E-state index in [0.717, 1.165) is 32.3 Å². The molecule has 0 amide bonds. The molecule has 0 fully saturated rings. The fourth-order valence-corrected chi connectivity index (χ4v) is 3.30. The third-order valence-electron chi connectivity index (χ3n) is 2.32. The number of thioether (sulfide) groups is 1. The van der Waals surface area contributed by atoms with Crippen LogP contribution in [0.1, 0.15) is 16.1 Å². The molecular weight excluding hydrogens is 280 g/mol. The highest BCUT2D eigenvalue weighted by Crippen LogP contribution is 2.27. The number of carbonyl (C=O) groups is 1. The lowest BCUT2D eigenvalue weighted by molar-refractivity contribution is -0.131. The van der Waals surface area contributed by atoms with Gasteiger partial charge in [0.25, 0.3) is 0 Å². The molecule has 0 aliphatic rings. The summed E-state index contributed by atoms with van der Waals surface area (Å²) < 4.78 is 0.925. The van der Waals surface area contributed by atoms with E-state index in [1.807, 2.05) is 31.2 Å². The van der Waals surface area contributed by atoms with Crippen LogP contribution in [0, 0.1) is 6.92 Å². The molecule has 0 radical (unpaired) electrons. The minimum absolute atomic E-state index is 0.745. The van der Waals surface area contributed by atoms with Gasteiger partial charge in [0.1, 0.15) is 5.01 Å². The number of carboxylic acids is 1. The number of aryl methyl sites for hydroxylation is 1. The van der Waals surface area contributed by atoms with Crippen molar-refractivity contribution in [1.29, 1.82) is 0 Å². The number of benzene rings is 1. The van der Waals surface area contributed by atoms with E-state index in [0.29, 0.717) is 0 Å². The van der Waals surface area contributed by atoms with E-state index < -0.39 is 5.97 Å². The van der Waals surface area contributed by atoms with Crippen molar-refractivity contribution in [3.05, 3.63) is 46.5 Å². The molecule has 6 heteroatoms. The second kappa shape index (κ2) is 6.49. The Labute approximate surface area is 119 Å². The predicted molar refractivity (Wildman–Crippen MR) is 77.3 cm³/mol. The first-order chi connectivity index (χ1) is 9.15. The zero-order chi connectivity index (χ0) is 13.7. The first-order valence-electron chi connectivity index (χ1n) is 5.57. The molecule has 0 saturated heterocycles. The summed E-state index contributed by atoms with van der Waals surface area (Å²) in [6.07, 6.45) is 2.77. The molecule has 19 heavy (non-hydrogen) atoms. The van der Waals surface area contributed by atoms with E-state index in [1.54, 1.807) is 29.2 Å². The monoisotopic (exact) mass is 292 g/mol. The molecule has 0 aliphatic heterocycles. The molecule has 1 aromatic carbocycles. The molecule has 1 heterocycles. The van der Waals surface area contributed by atoms with Crippen LogP contribution in [0.3, 0.4) is 0 Å². The number of nitrogens with zero attached hydrogens (tertiary/aromatic N) is 2. The molecule has 2 rings (SSSR count). The molecule has 0 saturated carbocycles. The van der Waals surface area contributed by atoms with Gasteiger partial charge in [-0.15, -0.1) is 10.2 Å². The van der Waals surface area contributed by atoms with Crippen LogP contribution >= 0.6 is 23.1 Å². The average Bonchev–Trinajstić information content (AvgIpc) is 2.80. The first-order valence-corrected chi connectivity index (χ1v) is 7.37. The second-order valence-corrected chi connectivity index (χ2v) is 6.15. The van der Waals surface area contributed by atoms with Crippen LogP contribution < -0.4 is 0 Å². The van der Waals surface area contributed by atoms with Crippen LogP contribution in [0.15, 0.2) is 34.7 Å². The largest absolute Gasteiger partial charge is 0.478 e. The SMILES string of the molecule is Cc1nnc(SCc2ccccc2/C=C/C(=O)O)s1. The Morgan fingerprint density at radius 1 is 1.42 bits per heavy atom. The smallest absolute Gasteiger partial charge is 0.328 e. The topological polar surface area (TPSA) is 63.1 Å². The summed E-state index contributed by atoms with van der Waals surface area (Å²) in [5.41, 5.74) is 2.00. The first kappa shape index (κ1) is 13.8. The highest BCUT2D eigenvalue weighted by Gasteiger charge is 2.04. The van der Waals surface area contributed by atoms with Crippen LogP contribution in [-0.2, 0) is 10.5 Å². The predicted octanol–water partition coefficient (Wildman–Crippen LogP) is 3.24. The number of rotatable bonds is 5. The van der Waals surface area contributed by atoms with Crippen molar-refractivity contribution in [3.8, 4) is 0 Å². The summed E-state index contributed by atoms with van der Waals surface area (Å²) in [6, 6.07) is 7.73. The van der Waals surface area contributed by atoms with Gasteiger partial charge in [-0.3, -0.25) is 0 Å². The van der Waals surface area contributed by atoms with Crippen LogP contribution in [0.25, 0.3) is 6.08 Å². The van der Waals surface area contributed by atoms with Crippen LogP contribution in [0.4, 0.5) is 0 Å². The van der Waals surface area contributed by atoms with Crippen LogP contribution in [0.2, 0.25) is 0 Å². The van der Waals surface area contributed by atoms with E-state index in [4.69, 9.17) is 5.11 Å². The van der Waals surface area contributed by atoms with Gasteiger partial charge in [0.2, 0.25) is 0 Å². The minimum atomic E-state index is -0.942. The Kier molecular flexibility index (Phi) is 4.70. The zero-order valence-corrected chi connectivity index (χ0v) is 11.9. The normalized spacial score (nSPS) is 11.0. The molecule has 1 N–H and O–H groups in total. The van der Waals surface area contributed by atoms with Crippen molar-refractivity contribution in [2.24, 2.45) is 0 Å². The van der Waals surface area contributed by atoms with Crippen molar-refractivity contribution in [1.82, 2.24) is 10.2 Å². The molecule has 0 bridgehead atoms. The van der Waals surface area contributed by atoms with Crippen LogP contribution in [0.5, 0.6) is 0 Å². The van der Waals surface area contributed by atoms with Gasteiger partial charge in [-0.2, -0.15) is 0 Å². The molecule has 0 atom stereocenters. The highest BCUT2D eigenvalue weighted by atomic mass is 32.2. The van der Waals surface area contributed by atoms with E-state index in [2.05, 4.69) is 10.2 Å². The van der Waals surface area contributed by atoms with Gasteiger partial charge in [0.15, 0.2) is 4.34 Å². The Morgan fingerprint density at radius 3 is 2.89 bits per heavy atom. The summed E-state index contributed by atoms with van der Waals surface area (Å²) in [5, 5.41) is 17.6. The van der Waals surface area contributed by atoms with Crippen molar-refractivity contribution < 1.29 is 9.90 Å². The van der Waals surface area contributed by atoms with Crippen molar-refractivity contribution in [2.45, 2.75) is 17.0 Å². The standard InChI is InChI=1S/C13H12N2O2S2/c1-9-14-15-13(19-9)18-8-11-5-3-2-4-10(11)6-7-12(16)17/h2-7H,8H2,1H3,(H,16,17)/b7-6+. The van der Waals surface area contributed by atoms with Gasteiger partial charge < -0.3 is 5.11 Å². The maximum atomic E-state index is 10.6. The van der Waals surface area contributed by atoms with Gasteiger partial charge in [0.05, 0.1) is 0 Å². The molecule has 0 spiro atoms. The Morgan fingerprint density at radius 2 is 2.21 bits per heavy atom. The zero-order valence-electron chi connectivity index (χ0n) is 10.2. The Bertz CT molecular complexity index is 608. The molecule has 98 valence electrons. The van der Waals surface area contributed by atoms with E-state index in [1.165, 1.54) is 0 Å². The van der Waals surface area contributed by atoms with E-state index in [-0.39, 0.29) is 0 Å². The fraction of sp³-hybridized carbons (Fsp3) is 0.154. The quantitative estimate of drug-likeness (QED) is 0.677. The van der Waals surface area contributed by atoms with Gasteiger partial charge in [-0.1, -0.05) is 47.4 Å². The third-order valence-corrected chi connectivity index (χ3v) is 4.34. The molecule has 1 aromatic heterocycles. The molecule has 0 aliphatic carbocycles. The van der Waals surface area contributed by atoms with Crippen molar-refractivity contribution in [2.75, 3.05) is 0 Å². The highest BCUT2D eigenvalue weighted by molar-refractivity contribution is 8.00. The Hall–Kier alpha value is -1.66. The van der Waals surface area contributed by atoms with Gasteiger partial charge >= 0.3 is 5.97 Å². The van der Waals surface area contributed by atoms with Gasteiger partial charge in [0, 0.05) is 11.8 Å². The fourth-order valence-electron chi connectivity index (χ4n) is 1.47. The number of carboxylic acid groups (broad SMARTS) is 1. The Balaban J connectivity index is 2.09. The van der Waals surface area contributed by atoms with E-state index in [9.17, 15) is 4.79 Å². The summed E-state index contributed by atoms with van der Waals surface area (Å²) in [5.74, 6) is -0.198. The minimum Gasteiger partial charge on any atom is -0.478 e. The average molecular weight is 292 g/mol. The third kappa shape index (κ3) is 4.18. The van der Waals surface area contributed by atoms with Crippen LogP contribution in [-0.4, -0.2) is 21.3 Å². The molecular formula is C13H12N2O2S2. The summed E-state index contributed by atoms with van der Waals surface area (Å²) >= 11 is 3.17. The lowest BCUT2D eigenvalue weighted by Gasteiger charge is -2.03. The number of aliphatic carboxylic acids is 1. The molecule has 2 aromatic rings. The summed E-state index contributed by atoms with van der Waals surface area (Å²) in [7, 11) is 0.